The van der Waals surface area contributed by atoms with Crippen LogP contribution in [0.3, 0.4) is 0 Å². The Balaban J connectivity index is 2.27. The highest BCUT2D eigenvalue weighted by atomic mass is 16.1. The van der Waals surface area contributed by atoms with Gasteiger partial charge in [-0.2, -0.15) is 5.26 Å². The average molecular weight is 292 g/mol. The molecule has 2 aromatic carbocycles. The minimum absolute atomic E-state index is 0.106. The lowest BCUT2D eigenvalue weighted by atomic mass is 9.91. The number of nitrogens with one attached hydrogen (secondary N) is 1. The average Bonchev–Trinajstić information content (AvgIpc) is 2.46. The predicted molar refractivity (Wildman–Crippen MR) is 89.1 cm³/mol. The van der Waals surface area contributed by atoms with Gasteiger partial charge in [0.2, 0.25) is 0 Å². The van der Waals surface area contributed by atoms with Crippen molar-refractivity contribution >= 4 is 11.5 Å². The number of nitrogens with zero attached hydrogens (tertiary/aromatic N) is 1. The third-order valence-electron chi connectivity index (χ3n) is 3.97. The number of hydrogen-bond acceptors (Lipinski definition) is 3. The first-order valence-electron chi connectivity index (χ1n) is 7.28. The maximum atomic E-state index is 11.8. The number of anilines is 1. The van der Waals surface area contributed by atoms with Crippen molar-refractivity contribution in [2.24, 2.45) is 0 Å². The van der Waals surface area contributed by atoms with Crippen molar-refractivity contribution in [1.29, 1.82) is 5.26 Å². The zero-order valence-electron chi connectivity index (χ0n) is 13.4. The van der Waals surface area contributed by atoms with E-state index < -0.39 is 0 Å². The van der Waals surface area contributed by atoms with Crippen LogP contribution in [0.2, 0.25) is 0 Å². The summed E-state index contributed by atoms with van der Waals surface area (Å²) in [5.74, 6) is 0.106. The Bertz CT molecular complexity index is 752. The molecule has 0 amide bonds. The Morgan fingerprint density at radius 1 is 1.14 bits per heavy atom. The Kier molecular flexibility index (Phi) is 4.62. The molecule has 0 heterocycles. The van der Waals surface area contributed by atoms with Crippen LogP contribution in [0.1, 0.15) is 45.1 Å². The number of carbonyl (C=O) groups is 1. The number of ketones is 1. The summed E-state index contributed by atoms with van der Waals surface area (Å²) in [6.07, 6.45) is 0. The Hall–Kier alpha value is -2.60. The highest BCUT2D eigenvalue weighted by Crippen LogP contribution is 2.24. The molecule has 3 heteroatoms. The van der Waals surface area contributed by atoms with Crippen molar-refractivity contribution in [2.75, 3.05) is 5.32 Å². The first-order valence-corrected chi connectivity index (χ1v) is 7.28. The molecule has 0 spiro atoms. The molecule has 0 aliphatic rings. The Morgan fingerprint density at radius 3 is 2.32 bits per heavy atom. The third-order valence-corrected chi connectivity index (χ3v) is 3.97. The van der Waals surface area contributed by atoms with Crippen LogP contribution in [0.25, 0.3) is 0 Å². The van der Waals surface area contributed by atoms with Gasteiger partial charge >= 0.3 is 0 Å². The van der Waals surface area contributed by atoms with Gasteiger partial charge in [0.15, 0.2) is 5.78 Å². The zero-order valence-corrected chi connectivity index (χ0v) is 13.4. The van der Waals surface area contributed by atoms with Crippen molar-refractivity contribution < 1.29 is 4.79 Å². The molecule has 0 unspecified atom stereocenters. The Morgan fingerprint density at radius 2 is 1.77 bits per heavy atom. The number of Topliss-reactive ketones (excluding diaryl/α,β-unsaturated/α-hetero) is 1. The molecule has 0 atom stereocenters. The molecule has 1 N–H and O–H groups in total. The van der Waals surface area contributed by atoms with Crippen molar-refractivity contribution in [3.8, 4) is 6.07 Å². The SMILES string of the molecule is CC(=O)c1c(C)cc(C)c(CNc2ccc(C#N)cc2)c1C. The van der Waals surface area contributed by atoms with E-state index in [4.69, 9.17) is 5.26 Å². The second-order valence-corrected chi connectivity index (χ2v) is 5.59. The van der Waals surface area contributed by atoms with Crippen LogP contribution >= 0.6 is 0 Å². The molecule has 0 saturated heterocycles. The van der Waals surface area contributed by atoms with Gasteiger partial charge in [0.25, 0.3) is 0 Å². The molecule has 2 rings (SSSR count). The summed E-state index contributed by atoms with van der Waals surface area (Å²) in [5.41, 5.74) is 6.84. The Labute approximate surface area is 131 Å². The van der Waals surface area contributed by atoms with Crippen LogP contribution in [0.4, 0.5) is 5.69 Å². The standard InChI is InChI=1S/C19H20N2O/c1-12-9-13(2)19(15(4)22)14(3)18(12)11-21-17-7-5-16(10-20)6-8-17/h5-9,21H,11H2,1-4H3. The predicted octanol–water partition coefficient (Wildman–Crippen LogP) is 4.30. The molecule has 0 fully saturated rings. The first kappa shape index (κ1) is 15.8. The summed E-state index contributed by atoms with van der Waals surface area (Å²) in [6, 6.07) is 11.5. The zero-order chi connectivity index (χ0) is 16.3. The van der Waals surface area contributed by atoms with E-state index >= 15 is 0 Å². The fourth-order valence-corrected chi connectivity index (χ4v) is 2.89. The molecule has 112 valence electrons. The van der Waals surface area contributed by atoms with Crippen LogP contribution in [-0.4, -0.2) is 5.78 Å². The van der Waals surface area contributed by atoms with Gasteiger partial charge in [-0.05, 0) is 74.2 Å². The molecule has 0 saturated carbocycles. The molecule has 0 aromatic heterocycles. The van der Waals surface area contributed by atoms with Gasteiger partial charge in [-0.25, -0.2) is 0 Å². The van der Waals surface area contributed by atoms with Crippen LogP contribution in [-0.2, 0) is 6.54 Å². The second-order valence-electron chi connectivity index (χ2n) is 5.59. The molecular weight excluding hydrogens is 272 g/mol. The second kappa shape index (κ2) is 6.44. The van der Waals surface area contributed by atoms with Gasteiger partial charge < -0.3 is 5.32 Å². The highest BCUT2D eigenvalue weighted by molar-refractivity contribution is 5.97. The maximum Gasteiger partial charge on any atom is 0.160 e. The van der Waals surface area contributed by atoms with Crippen molar-refractivity contribution in [3.63, 3.8) is 0 Å². The van der Waals surface area contributed by atoms with Gasteiger partial charge in [0.1, 0.15) is 0 Å². The molecule has 0 bridgehead atoms. The van der Waals surface area contributed by atoms with Gasteiger partial charge in [-0.1, -0.05) is 6.07 Å². The van der Waals surface area contributed by atoms with Gasteiger partial charge in [0, 0.05) is 17.8 Å². The first-order chi connectivity index (χ1) is 10.4. The van der Waals surface area contributed by atoms with Crippen LogP contribution < -0.4 is 5.32 Å². The third kappa shape index (κ3) is 3.17. The fraction of sp³-hybridized carbons (Fsp3) is 0.263. The van der Waals surface area contributed by atoms with E-state index in [2.05, 4.69) is 24.4 Å². The summed E-state index contributed by atoms with van der Waals surface area (Å²) < 4.78 is 0. The molecule has 2 aromatic rings. The van der Waals surface area contributed by atoms with Crippen LogP contribution in [0.5, 0.6) is 0 Å². The maximum absolute atomic E-state index is 11.8. The summed E-state index contributed by atoms with van der Waals surface area (Å²) >= 11 is 0. The summed E-state index contributed by atoms with van der Waals surface area (Å²) in [4.78, 5) is 11.8. The van der Waals surface area contributed by atoms with E-state index in [1.165, 1.54) is 5.56 Å². The highest BCUT2D eigenvalue weighted by Gasteiger charge is 2.14. The number of carbonyl (C=O) groups excluding carboxylic acids is 1. The molecule has 0 radical (unpaired) electrons. The van der Waals surface area contributed by atoms with E-state index in [0.29, 0.717) is 12.1 Å². The normalized spacial score (nSPS) is 10.1. The molecule has 22 heavy (non-hydrogen) atoms. The molecule has 0 aliphatic carbocycles. The summed E-state index contributed by atoms with van der Waals surface area (Å²) in [6.45, 7) is 8.33. The van der Waals surface area contributed by atoms with E-state index in [1.54, 1.807) is 19.1 Å². The van der Waals surface area contributed by atoms with E-state index in [1.807, 2.05) is 26.0 Å². The van der Waals surface area contributed by atoms with Crippen molar-refractivity contribution in [3.05, 3.63) is 63.7 Å². The lowest BCUT2D eigenvalue weighted by Gasteiger charge is -2.17. The number of aryl methyl sites for hydroxylation is 2. The van der Waals surface area contributed by atoms with Crippen molar-refractivity contribution in [2.45, 2.75) is 34.2 Å². The van der Waals surface area contributed by atoms with E-state index in [9.17, 15) is 4.79 Å². The van der Waals surface area contributed by atoms with Crippen LogP contribution in [0, 0.1) is 32.1 Å². The van der Waals surface area contributed by atoms with Crippen molar-refractivity contribution in [1.82, 2.24) is 0 Å². The monoisotopic (exact) mass is 292 g/mol. The summed E-state index contributed by atoms with van der Waals surface area (Å²) in [5, 5.41) is 12.2. The van der Waals surface area contributed by atoms with Gasteiger partial charge in [-0.3, -0.25) is 4.79 Å². The number of hydrogen-bond donors (Lipinski definition) is 1. The molecule has 3 nitrogen and oxygen atoms in total. The minimum Gasteiger partial charge on any atom is -0.381 e. The lowest BCUT2D eigenvalue weighted by molar-refractivity contribution is 0.101. The van der Waals surface area contributed by atoms with E-state index in [-0.39, 0.29) is 5.78 Å². The van der Waals surface area contributed by atoms with E-state index in [0.717, 1.165) is 27.9 Å². The number of rotatable bonds is 4. The molecular formula is C19H20N2O. The smallest absolute Gasteiger partial charge is 0.160 e. The van der Waals surface area contributed by atoms with Crippen LogP contribution in [0.15, 0.2) is 30.3 Å². The summed E-state index contributed by atoms with van der Waals surface area (Å²) in [7, 11) is 0. The minimum atomic E-state index is 0.106. The number of benzene rings is 2. The largest absolute Gasteiger partial charge is 0.381 e. The van der Waals surface area contributed by atoms with Gasteiger partial charge in [-0.15, -0.1) is 0 Å². The topological polar surface area (TPSA) is 52.9 Å². The number of nitriles is 1. The quantitative estimate of drug-likeness (QED) is 0.855. The van der Waals surface area contributed by atoms with Gasteiger partial charge in [0.05, 0.1) is 11.6 Å². The fourth-order valence-electron chi connectivity index (χ4n) is 2.89. The lowest BCUT2D eigenvalue weighted by Crippen LogP contribution is -2.09. The molecule has 0 aliphatic heterocycles.